The van der Waals surface area contributed by atoms with Gasteiger partial charge in [0.2, 0.25) is 0 Å². The van der Waals surface area contributed by atoms with Crippen LogP contribution in [0.5, 0.6) is 0 Å². The number of hydrogen-bond acceptors (Lipinski definition) is 2. The Morgan fingerprint density at radius 2 is 2.00 bits per heavy atom. The number of thioether (sulfide) groups is 1. The minimum absolute atomic E-state index is 0.140. The van der Waals surface area contributed by atoms with Crippen LogP contribution < -0.4 is 5.32 Å². The first-order valence-corrected chi connectivity index (χ1v) is 6.59. The predicted octanol–water partition coefficient (Wildman–Crippen LogP) is 3.37. The van der Waals surface area contributed by atoms with Gasteiger partial charge in [-0.3, -0.25) is 4.99 Å². The SMILES string of the molecule is FC(F)(F)CCN=C1NC(c2ccccc2)CS1. The van der Waals surface area contributed by atoms with Gasteiger partial charge in [-0.1, -0.05) is 42.1 Å². The predicted molar refractivity (Wildman–Crippen MR) is 67.8 cm³/mol. The third-order valence-corrected chi connectivity index (χ3v) is 3.56. The summed E-state index contributed by atoms with van der Waals surface area (Å²) in [6.07, 6.45) is -5.00. The molecule has 1 aromatic carbocycles. The minimum atomic E-state index is -4.13. The zero-order valence-electron chi connectivity index (χ0n) is 9.57. The molecule has 0 spiro atoms. The van der Waals surface area contributed by atoms with Gasteiger partial charge < -0.3 is 5.32 Å². The van der Waals surface area contributed by atoms with Gasteiger partial charge in [0, 0.05) is 5.75 Å². The van der Waals surface area contributed by atoms with Gasteiger partial charge in [0.1, 0.15) is 0 Å². The van der Waals surface area contributed by atoms with Crippen molar-refractivity contribution in [2.24, 2.45) is 4.99 Å². The Balaban J connectivity index is 1.87. The standard InChI is InChI=1S/C12H13F3N2S/c13-12(14,15)6-7-16-11-17-10(8-18-11)9-4-2-1-3-5-9/h1-5,10H,6-8H2,(H,16,17). The van der Waals surface area contributed by atoms with Crippen molar-refractivity contribution in [3.05, 3.63) is 35.9 Å². The molecule has 0 saturated carbocycles. The second-order valence-corrected chi connectivity index (χ2v) is 4.98. The maximum Gasteiger partial charge on any atom is 0.390 e. The highest BCUT2D eigenvalue weighted by Crippen LogP contribution is 2.26. The molecule has 1 fully saturated rings. The van der Waals surface area contributed by atoms with Crippen molar-refractivity contribution in [2.45, 2.75) is 18.6 Å². The second kappa shape index (κ2) is 5.65. The van der Waals surface area contributed by atoms with Crippen molar-refractivity contribution >= 4 is 16.9 Å². The monoisotopic (exact) mass is 274 g/mol. The number of aliphatic imine (C=N–C) groups is 1. The molecule has 18 heavy (non-hydrogen) atoms. The number of rotatable bonds is 3. The number of nitrogens with zero attached hydrogens (tertiary/aromatic N) is 1. The fourth-order valence-corrected chi connectivity index (χ4v) is 2.64. The lowest BCUT2D eigenvalue weighted by atomic mass is 10.1. The van der Waals surface area contributed by atoms with Crippen molar-refractivity contribution in [2.75, 3.05) is 12.3 Å². The highest BCUT2D eigenvalue weighted by Gasteiger charge is 2.27. The summed E-state index contributed by atoms with van der Waals surface area (Å²) >= 11 is 1.47. The quantitative estimate of drug-likeness (QED) is 0.914. The molecule has 1 aromatic rings. The van der Waals surface area contributed by atoms with Crippen LogP contribution >= 0.6 is 11.8 Å². The third-order valence-electron chi connectivity index (χ3n) is 2.54. The Labute approximate surface area is 108 Å². The van der Waals surface area contributed by atoms with Crippen molar-refractivity contribution in [3.8, 4) is 0 Å². The van der Waals surface area contributed by atoms with Crippen molar-refractivity contribution in [3.63, 3.8) is 0 Å². The molecule has 0 amide bonds. The van der Waals surface area contributed by atoms with Crippen molar-refractivity contribution in [1.29, 1.82) is 0 Å². The molecule has 0 radical (unpaired) electrons. The van der Waals surface area contributed by atoms with E-state index in [0.717, 1.165) is 11.3 Å². The molecule has 1 unspecified atom stereocenters. The third kappa shape index (κ3) is 3.94. The van der Waals surface area contributed by atoms with Gasteiger partial charge in [0.05, 0.1) is 19.0 Å². The summed E-state index contributed by atoms with van der Waals surface area (Å²) in [4.78, 5) is 3.93. The summed E-state index contributed by atoms with van der Waals surface area (Å²) in [5.74, 6) is 0.800. The van der Waals surface area contributed by atoms with Gasteiger partial charge in [-0.15, -0.1) is 0 Å². The van der Waals surface area contributed by atoms with Gasteiger partial charge in [0.25, 0.3) is 0 Å². The average Bonchev–Trinajstić information content (AvgIpc) is 2.77. The Bertz CT molecular complexity index is 417. The lowest BCUT2D eigenvalue weighted by Crippen LogP contribution is -2.20. The maximum absolute atomic E-state index is 12.0. The molecule has 1 N–H and O–H groups in total. The van der Waals surface area contributed by atoms with Crippen LogP contribution in [0.2, 0.25) is 0 Å². The van der Waals surface area contributed by atoms with Crippen LogP contribution in [0, 0.1) is 0 Å². The zero-order chi connectivity index (χ0) is 13.0. The first kappa shape index (κ1) is 13.3. The van der Waals surface area contributed by atoms with Crippen LogP contribution in [-0.2, 0) is 0 Å². The molecular formula is C12H13F3N2S. The van der Waals surface area contributed by atoms with Crippen LogP contribution in [-0.4, -0.2) is 23.6 Å². The van der Waals surface area contributed by atoms with Crippen LogP contribution in [0.3, 0.4) is 0 Å². The molecule has 2 nitrogen and oxygen atoms in total. The normalized spacial score (nSPS) is 22.2. The average molecular weight is 274 g/mol. The molecule has 1 aliphatic rings. The van der Waals surface area contributed by atoms with Crippen molar-refractivity contribution < 1.29 is 13.2 Å². The van der Waals surface area contributed by atoms with E-state index in [1.165, 1.54) is 11.8 Å². The first-order valence-electron chi connectivity index (χ1n) is 5.60. The number of benzene rings is 1. The molecular weight excluding hydrogens is 261 g/mol. The number of halogens is 3. The molecule has 1 saturated heterocycles. The van der Waals surface area contributed by atoms with E-state index in [0.29, 0.717) is 5.17 Å². The van der Waals surface area contributed by atoms with Gasteiger partial charge in [-0.25, -0.2) is 0 Å². The summed E-state index contributed by atoms with van der Waals surface area (Å²) in [5.41, 5.74) is 1.13. The highest BCUT2D eigenvalue weighted by molar-refractivity contribution is 8.14. The van der Waals surface area contributed by atoms with Gasteiger partial charge >= 0.3 is 6.18 Å². The van der Waals surface area contributed by atoms with E-state index in [2.05, 4.69) is 10.3 Å². The fraction of sp³-hybridized carbons (Fsp3) is 0.417. The lowest BCUT2D eigenvalue weighted by molar-refractivity contribution is -0.132. The summed E-state index contributed by atoms with van der Waals surface area (Å²) in [5, 5.41) is 3.74. The van der Waals surface area contributed by atoms with E-state index in [1.54, 1.807) is 0 Å². The lowest BCUT2D eigenvalue weighted by Gasteiger charge is -2.09. The van der Waals surface area contributed by atoms with E-state index in [4.69, 9.17) is 0 Å². The Kier molecular flexibility index (Phi) is 4.16. The molecule has 6 heteroatoms. The fourth-order valence-electron chi connectivity index (χ4n) is 1.64. The van der Waals surface area contributed by atoms with Crippen LogP contribution in [0.15, 0.2) is 35.3 Å². The minimum Gasteiger partial charge on any atom is -0.357 e. The smallest absolute Gasteiger partial charge is 0.357 e. The molecule has 0 aliphatic carbocycles. The topological polar surface area (TPSA) is 24.4 Å². The summed E-state index contributed by atoms with van der Waals surface area (Å²) in [6, 6.07) is 9.96. The van der Waals surface area contributed by atoms with Crippen LogP contribution in [0.4, 0.5) is 13.2 Å². The molecule has 1 atom stereocenters. The van der Waals surface area contributed by atoms with Crippen LogP contribution in [0.25, 0.3) is 0 Å². The molecule has 1 aliphatic heterocycles. The van der Waals surface area contributed by atoms with E-state index in [9.17, 15) is 13.2 Å². The van der Waals surface area contributed by atoms with E-state index in [1.807, 2.05) is 30.3 Å². The number of alkyl halides is 3. The molecule has 98 valence electrons. The van der Waals surface area contributed by atoms with Gasteiger partial charge in [-0.05, 0) is 5.56 Å². The van der Waals surface area contributed by atoms with E-state index >= 15 is 0 Å². The number of hydrogen-bond donors (Lipinski definition) is 1. The Morgan fingerprint density at radius 3 is 2.67 bits per heavy atom. The van der Waals surface area contributed by atoms with Crippen LogP contribution in [0.1, 0.15) is 18.0 Å². The summed E-state index contributed by atoms with van der Waals surface area (Å²) < 4.78 is 35.9. The highest BCUT2D eigenvalue weighted by atomic mass is 32.2. The Hall–Kier alpha value is -1.17. The van der Waals surface area contributed by atoms with Gasteiger partial charge in [-0.2, -0.15) is 13.2 Å². The molecule has 2 rings (SSSR count). The zero-order valence-corrected chi connectivity index (χ0v) is 10.4. The maximum atomic E-state index is 12.0. The van der Waals surface area contributed by atoms with E-state index in [-0.39, 0.29) is 12.6 Å². The van der Waals surface area contributed by atoms with Crippen molar-refractivity contribution in [1.82, 2.24) is 5.32 Å². The largest absolute Gasteiger partial charge is 0.390 e. The molecule has 0 aromatic heterocycles. The van der Waals surface area contributed by atoms with Gasteiger partial charge in [0.15, 0.2) is 5.17 Å². The Morgan fingerprint density at radius 1 is 1.28 bits per heavy atom. The number of amidine groups is 1. The molecule has 0 bridgehead atoms. The second-order valence-electron chi connectivity index (χ2n) is 3.97. The number of nitrogens with one attached hydrogen (secondary N) is 1. The first-order chi connectivity index (χ1) is 8.54. The van der Waals surface area contributed by atoms with E-state index < -0.39 is 12.6 Å². The summed E-state index contributed by atoms with van der Waals surface area (Å²) in [7, 11) is 0. The summed E-state index contributed by atoms with van der Waals surface area (Å²) in [6.45, 7) is -0.208. The molecule has 1 heterocycles.